The first-order chi connectivity index (χ1) is 8.59. The smallest absolute Gasteiger partial charge is 0.309 e. The molecule has 0 aromatic rings. The highest BCUT2D eigenvalue weighted by molar-refractivity contribution is 5.73. The molecule has 0 aromatic carbocycles. The third-order valence-electron chi connectivity index (χ3n) is 4.89. The Balaban J connectivity index is 1.87. The molecule has 2 aliphatic carbocycles. The summed E-state index contributed by atoms with van der Waals surface area (Å²) >= 11 is 0. The predicted octanol–water partition coefficient (Wildman–Crippen LogP) is 4.47. The molecule has 18 heavy (non-hydrogen) atoms. The van der Waals surface area contributed by atoms with Crippen LogP contribution in [0.25, 0.3) is 0 Å². The van der Waals surface area contributed by atoms with Gasteiger partial charge in [0.05, 0.1) is 5.92 Å². The zero-order chi connectivity index (χ0) is 13.0. The molecule has 2 nitrogen and oxygen atoms in total. The molecule has 104 valence electrons. The molecule has 2 heteroatoms. The molecule has 0 unspecified atom stereocenters. The molecule has 0 radical (unpaired) electrons. The van der Waals surface area contributed by atoms with Crippen molar-refractivity contribution in [2.24, 2.45) is 11.8 Å². The molecular formula is C16H28O2. The maximum absolute atomic E-state index is 12.2. The summed E-state index contributed by atoms with van der Waals surface area (Å²) in [5, 5.41) is 0. The average molecular weight is 252 g/mol. The molecular weight excluding hydrogens is 224 g/mol. The number of carbonyl (C=O) groups is 1. The molecule has 0 N–H and O–H groups in total. The highest BCUT2D eigenvalue weighted by atomic mass is 16.6. The standard InChI is InChI=1S/C16H28O2/c1-16(2,14-11-7-4-8-12-14)18-15(17)13-9-5-3-6-10-13/h13-14H,3-12H2,1-2H3. The minimum absolute atomic E-state index is 0.0743. The van der Waals surface area contributed by atoms with Crippen LogP contribution in [0.3, 0.4) is 0 Å². The van der Waals surface area contributed by atoms with Crippen molar-refractivity contribution in [1.82, 2.24) is 0 Å². The monoisotopic (exact) mass is 252 g/mol. The molecule has 0 aliphatic heterocycles. The van der Waals surface area contributed by atoms with Crippen LogP contribution in [0.15, 0.2) is 0 Å². The number of esters is 1. The third-order valence-corrected chi connectivity index (χ3v) is 4.89. The van der Waals surface area contributed by atoms with E-state index in [0.29, 0.717) is 5.92 Å². The largest absolute Gasteiger partial charge is 0.459 e. The van der Waals surface area contributed by atoms with Gasteiger partial charge in [0.2, 0.25) is 0 Å². The maximum atomic E-state index is 12.2. The van der Waals surface area contributed by atoms with Crippen molar-refractivity contribution in [2.45, 2.75) is 83.7 Å². The van der Waals surface area contributed by atoms with Crippen molar-refractivity contribution in [3.8, 4) is 0 Å². The van der Waals surface area contributed by atoms with Gasteiger partial charge in [-0.15, -0.1) is 0 Å². The summed E-state index contributed by atoms with van der Waals surface area (Å²) in [5.41, 5.74) is -0.255. The number of hydrogen-bond donors (Lipinski definition) is 0. The first-order valence-electron chi connectivity index (χ1n) is 7.82. The summed E-state index contributed by atoms with van der Waals surface area (Å²) in [6.45, 7) is 4.23. The van der Waals surface area contributed by atoms with Crippen LogP contribution in [-0.2, 0) is 9.53 Å². The lowest BCUT2D eigenvalue weighted by molar-refractivity contribution is -0.169. The Labute approximate surface area is 111 Å². The molecule has 0 saturated heterocycles. The van der Waals surface area contributed by atoms with Gasteiger partial charge in [-0.05, 0) is 45.4 Å². The quantitative estimate of drug-likeness (QED) is 0.693. The van der Waals surface area contributed by atoms with Crippen LogP contribution in [0, 0.1) is 11.8 Å². The van der Waals surface area contributed by atoms with Crippen molar-refractivity contribution in [3.63, 3.8) is 0 Å². The number of carbonyl (C=O) groups excluding carboxylic acids is 1. The SMILES string of the molecule is CC(C)(OC(=O)C1CCCCC1)C1CCCCC1. The Hall–Kier alpha value is -0.530. The molecule has 0 aromatic heterocycles. The van der Waals surface area contributed by atoms with E-state index < -0.39 is 0 Å². The van der Waals surface area contributed by atoms with E-state index in [1.807, 2.05) is 0 Å². The Morgan fingerprint density at radius 3 is 1.94 bits per heavy atom. The van der Waals surface area contributed by atoms with Gasteiger partial charge < -0.3 is 4.74 Å². The van der Waals surface area contributed by atoms with Crippen molar-refractivity contribution in [2.75, 3.05) is 0 Å². The first kappa shape index (κ1) is 13.9. The lowest BCUT2D eigenvalue weighted by Gasteiger charge is -2.37. The van der Waals surface area contributed by atoms with Crippen LogP contribution in [0.2, 0.25) is 0 Å². The van der Waals surface area contributed by atoms with Crippen LogP contribution < -0.4 is 0 Å². The van der Waals surface area contributed by atoms with Gasteiger partial charge in [-0.2, -0.15) is 0 Å². The van der Waals surface area contributed by atoms with Crippen molar-refractivity contribution < 1.29 is 9.53 Å². The van der Waals surface area contributed by atoms with Gasteiger partial charge in [0.15, 0.2) is 0 Å². The summed E-state index contributed by atoms with van der Waals surface area (Å²) < 4.78 is 5.88. The van der Waals surface area contributed by atoms with E-state index in [2.05, 4.69) is 13.8 Å². The first-order valence-corrected chi connectivity index (χ1v) is 7.82. The van der Waals surface area contributed by atoms with Crippen LogP contribution in [0.4, 0.5) is 0 Å². The van der Waals surface area contributed by atoms with E-state index >= 15 is 0 Å². The van der Waals surface area contributed by atoms with Gasteiger partial charge in [0, 0.05) is 0 Å². The van der Waals surface area contributed by atoms with Gasteiger partial charge in [-0.1, -0.05) is 38.5 Å². The molecule has 0 bridgehead atoms. The minimum atomic E-state index is -0.255. The Kier molecular flexibility index (Phi) is 4.69. The summed E-state index contributed by atoms with van der Waals surface area (Å²) in [5.74, 6) is 0.825. The van der Waals surface area contributed by atoms with Crippen LogP contribution in [-0.4, -0.2) is 11.6 Å². The second kappa shape index (κ2) is 6.08. The zero-order valence-corrected chi connectivity index (χ0v) is 12.0. The van der Waals surface area contributed by atoms with E-state index in [1.165, 1.54) is 51.4 Å². The normalized spacial score (nSPS) is 23.9. The number of ether oxygens (including phenoxy) is 1. The highest BCUT2D eigenvalue weighted by Crippen LogP contribution is 2.36. The van der Waals surface area contributed by atoms with Crippen molar-refractivity contribution >= 4 is 5.97 Å². The van der Waals surface area contributed by atoms with E-state index in [9.17, 15) is 4.79 Å². The minimum Gasteiger partial charge on any atom is -0.459 e. The van der Waals surface area contributed by atoms with E-state index in [1.54, 1.807) is 0 Å². The fourth-order valence-corrected chi connectivity index (χ4v) is 3.56. The van der Waals surface area contributed by atoms with E-state index in [0.717, 1.165) is 12.8 Å². The lowest BCUT2D eigenvalue weighted by atomic mass is 9.78. The van der Waals surface area contributed by atoms with Crippen LogP contribution >= 0.6 is 0 Å². The molecule has 0 amide bonds. The van der Waals surface area contributed by atoms with Gasteiger partial charge in [-0.3, -0.25) is 4.79 Å². The summed E-state index contributed by atoms with van der Waals surface area (Å²) in [4.78, 5) is 12.2. The summed E-state index contributed by atoms with van der Waals surface area (Å²) in [7, 11) is 0. The summed E-state index contributed by atoms with van der Waals surface area (Å²) in [6, 6.07) is 0. The second-order valence-electron chi connectivity index (χ2n) is 6.69. The molecule has 0 heterocycles. The molecule has 2 aliphatic rings. The number of rotatable bonds is 3. The Morgan fingerprint density at radius 2 is 1.39 bits per heavy atom. The van der Waals surface area contributed by atoms with Gasteiger partial charge in [0.1, 0.15) is 5.60 Å². The van der Waals surface area contributed by atoms with Crippen molar-refractivity contribution in [3.05, 3.63) is 0 Å². The van der Waals surface area contributed by atoms with E-state index in [4.69, 9.17) is 4.74 Å². The lowest BCUT2D eigenvalue weighted by Crippen LogP contribution is -2.39. The topological polar surface area (TPSA) is 26.3 Å². The molecule has 0 atom stereocenters. The van der Waals surface area contributed by atoms with Gasteiger partial charge >= 0.3 is 5.97 Å². The van der Waals surface area contributed by atoms with Gasteiger partial charge in [-0.25, -0.2) is 0 Å². The Morgan fingerprint density at radius 1 is 0.889 bits per heavy atom. The number of hydrogen-bond acceptors (Lipinski definition) is 2. The predicted molar refractivity (Wildman–Crippen MR) is 73.3 cm³/mol. The summed E-state index contributed by atoms with van der Waals surface area (Å²) in [6.07, 6.45) is 12.2. The Bertz CT molecular complexity index is 271. The maximum Gasteiger partial charge on any atom is 0.309 e. The molecule has 0 spiro atoms. The molecule has 2 rings (SSSR count). The van der Waals surface area contributed by atoms with E-state index in [-0.39, 0.29) is 17.5 Å². The van der Waals surface area contributed by atoms with Gasteiger partial charge in [0.25, 0.3) is 0 Å². The van der Waals surface area contributed by atoms with Crippen LogP contribution in [0.1, 0.15) is 78.1 Å². The van der Waals surface area contributed by atoms with Crippen LogP contribution in [0.5, 0.6) is 0 Å². The average Bonchev–Trinajstić information content (AvgIpc) is 2.40. The molecule has 2 saturated carbocycles. The second-order valence-corrected chi connectivity index (χ2v) is 6.69. The fourth-order valence-electron chi connectivity index (χ4n) is 3.56. The molecule has 2 fully saturated rings. The zero-order valence-electron chi connectivity index (χ0n) is 12.0. The van der Waals surface area contributed by atoms with Crippen molar-refractivity contribution in [1.29, 1.82) is 0 Å². The third kappa shape index (κ3) is 3.49. The fraction of sp³-hybridized carbons (Fsp3) is 0.938. The highest BCUT2D eigenvalue weighted by Gasteiger charge is 2.36.